The molecule has 0 saturated heterocycles. The van der Waals surface area contributed by atoms with E-state index >= 15 is 0 Å². The summed E-state index contributed by atoms with van der Waals surface area (Å²) in [6.45, 7) is 0.151. The van der Waals surface area contributed by atoms with E-state index < -0.39 is 0 Å². The van der Waals surface area contributed by atoms with Crippen molar-refractivity contribution in [3.8, 4) is 5.75 Å². The summed E-state index contributed by atoms with van der Waals surface area (Å²) < 4.78 is 5.09. The molecule has 2 aromatic carbocycles. The van der Waals surface area contributed by atoms with Crippen LogP contribution in [0.2, 0.25) is 5.02 Å². The third-order valence-corrected chi connectivity index (χ3v) is 3.57. The summed E-state index contributed by atoms with van der Waals surface area (Å²) >= 11 is 6.05. The number of methoxy groups -OCH3 is 1. The van der Waals surface area contributed by atoms with E-state index in [1.165, 1.54) is 0 Å². The lowest BCUT2D eigenvalue weighted by atomic mass is 10.2. The van der Waals surface area contributed by atoms with E-state index in [1.807, 2.05) is 49.3 Å². The van der Waals surface area contributed by atoms with Gasteiger partial charge in [-0.05, 0) is 42.5 Å². The minimum atomic E-state index is -0.130. The van der Waals surface area contributed by atoms with E-state index in [0.717, 1.165) is 17.1 Å². The molecule has 0 radical (unpaired) electrons. The summed E-state index contributed by atoms with van der Waals surface area (Å²) in [7, 11) is 5.50. The Bertz CT molecular complexity index is 672. The number of rotatable bonds is 6. The van der Waals surface area contributed by atoms with Gasteiger partial charge in [-0.3, -0.25) is 4.79 Å². The van der Waals surface area contributed by atoms with Gasteiger partial charge in [-0.15, -0.1) is 0 Å². The molecule has 0 spiro atoms. The fourth-order valence-electron chi connectivity index (χ4n) is 2.01. The van der Waals surface area contributed by atoms with Gasteiger partial charge in [0.25, 0.3) is 0 Å². The Hall–Kier alpha value is -2.40. The van der Waals surface area contributed by atoms with Crippen molar-refractivity contribution in [3.05, 3.63) is 47.5 Å². The van der Waals surface area contributed by atoms with Crippen molar-refractivity contribution in [2.75, 3.05) is 43.3 Å². The normalized spacial score (nSPS) is 10.1. The zero-order valence-electron chi connectivity index (χ0n) is 13.4. The monoisotopic (exact) mass is 333 g/mol. The smallest absolute Gasteiger partial charge is 0.243 e. The van der Waals surface area contributed by atoms with Gasteiger partial charge in [0.15, 0.2) is 0 Å². The van der Waals surface area contributed by atoms with E-state index in [-0.39, 0.29) is 12.5 Å². The van der Waals surface area contributed by atoms with Crippen molar-refractivity contribution in [3.63, 3.8) is 0 Å². The zero-order chi connectivity index (χ0) is 16.8. The number of hydrogen-bond donors (Lipinski definition) is 2. The number of ether oxygens (including phenoxy) is 1. The van der Waals surface area contributed by atoms with E-state index in [1.54, 1.807) is 19.2 Å². The highest BCUT2D eigenvalue weighted by Crippen LogP contribution is 2.27. The molecule has 0 bridgehead atoms. The highest BCUT2D eigenvalue weighted by atomic mass is 35.5. The minimum absolute atomic E-state index is 0.130. The Morgan fingerprint density at radius 3 is 2.35 bits per heavy atom. The van der Waals surface area contributed by atoms with Crippen LogP contribution in [-0.4, -0.2) is 33.7 Å². The molecule has 1 amide bonds. The standard InChI is InChI=1S/C17H20ClN3O2/c1-21(2)14-7-4-12(5-8-14)20-17(22)11-19-13-6-9-16(23-3)15(18)10-13/h4-10,19H,11H2,1-3H3,(H,20,22). The number of anilines is 3. The predicted octanol–water partition coefficient (Wildman–Crippen LogP) is 3.47. The average molecular weight is 334 g/mol. The fourth-order valence-corrected chi connectivity index (χ4v) is 2.26. The lowest BCUT2D eigenvalue weighted by Crippen LogP contribution is -2.21. The van der Waals surface area contributed by atoms with Crippen LogP contribution in [0.15, 0.2) is 42.5 Å². The lowest BCUT2D eigenvalue weighted by Gasteiger charge is -2.13. The van der Waals surface area contributed by atoms with Crippen LogP contribution in [0.25, 0.3) is 0 Å². The maximum absolute atomic E-state index is 12.0. The lowest BCUT2D eigenvalue weighted by molar-refractivity contribution is -0.114. The van der Waals surface area contributed by atoms with Crippen molar-refractivity contribution >= 4 is 34.6 Å². The molecule has 0 fully saturated rings. The Balaban J connectivity index is 1.88. The number of benzene rings is 2. The molecular formula is C17H20ClN3O2. The van der Waals surface area contributed by atoms with Crippen LogP contribution in [-0.2, 0) is 4.79 Å². The molecule has 0 heterocycles. The number of nitrogens with one attached hydrogen (secondary N) is 2. The van der Waals surface area contributed by atoms with Gasteiger partial charge in [-0.2, -0.15) is 0 Å². The van der Waals surface area contributed by atoms with Gasteiger partial charge < -0.3 is 20.3 Å². The second-order valence-electron chi connectivity index (χ2n) is 5.19. The molecule has 2 rings (SSSR count). The SMILES string of the molecule is COc1ccc(NCC(=O)Nc2ccc(N(C)C)cc2)cc1Cl. The molecule has 2 N–H and O–H groups in total. The molecule has 2 aromatic rings. The molecule has 0 atom stereocenters. The number of carbonyl (C=O) groups excluding carboxylic acids is 1. The van der Waals surface area contributed by atoms with Crippen LogP contribution in [0.4, 0.5) is 17.1 Å². The maximum atomic E-state index is 12.0. The van der Waals surface area contributed by atoms with Crippen LogP contribution in [0.3, 0.4) is 0 Å². The summed E-state index contributed by atoms with van der Waals surface area (Å²) in [5, 5.41) is 6.36. The highest BCUT2D eigenvalue weighted by Gasteiger charge is 2.05. The zero-order valence-corrected chi connectivity index (χ0v) is 14.1. The molecule has 5 nitrogen and oxygen atoms in total. The van der Waals surface area contributed by atoms with E-state index in [2.05, 4.69) is 10.6 Å². The van der Waals surface area contributed by atoms with Crippen LogP contribution in [0.1, 0.15) is 0 Å². The predicted molar refractivity (Wildman–Crippen MR) is 95.9 cm³/mol. The first-order valence-corrected chi connectivity index (χ1v) is 7.52. The topological polar surface area (TPSA) is 53.6 Å². The molecule has 122 valence electrons. The summed E-state index contributed by atoms with van der Waals surface area (Å²) in [5.74, 6) is 0.470. The molecule has 0 aromatic heterocycles. The Morgan fingerprint density at radius 1 is 1.13 bits per heavy atom. The highest BCUT2D eigenvalue weighted by molar-refractivity contribution is 6.32. The van der Waals surface area contributed by atoms with Crippen molar-refractivity contribution in [1.29, 1.82) is 0 Å². The largest absolute Gasteiger partial charge is 0.495 e. The van der Waals surface area contributed by atoms with Crippen molar-refractivity contribution < 1.29 is 9.53 Å². The summed E-state index contributed by atoms with van der Waals surface area (Å²) in [4.78, 5) is 14.0. The van der Waals surface area contributed by atoms with Crippen molar-refractivity contribution in [2.45, 2.75) is 0 Å². The number of amides is 1. The number of hydrogen-bond acceptors (Lipinski definition) is 4. The first-order chi connectivity index (χ1) is 11.0. The second-order valence-corrected chi connectivity index (χ2v) is 5.60. The van der Waals surface area contributed by atoms with Crippen LogP contribution < -0.4 is 20.3 Å². The third-order valence-electron chi connectivity index (χ3n) is 3.27. The Kier molecular flexibility index (Phi) is 5.71. The number of nitrogens with zero attached hydrogens (tertiary/aromatic N) is 1. The molecular weight excluding hydrogens is 314 g/mol. The Labute approximate surface area is 141 Å². The first-order valence-electron chi connectivity index (χ1n) is 7.14. The first kappa shape index (κ1) is 17.0. The third kappa shape index (κ3) is 4.79. The van der Waals surface area contributed by atoms with E-state index in [4.69, 9.17) is 16.3 Å². The maximum Gasteiger partial charge on any atom is 0.243 e. The molecule has 0 aliphatic rings. The van der Waals surface area contributed by atoms with Crippen LogP contribution >= 0.6 is 11.6 Å². The van der Waals surface area contributed by atoms with E-state index in [9.17, 15) is 4.79 Å². The quantitative estimate of drug-likeness (QED) is 0.850. The summed E-state index contributed by atoms with van der Waals surface area (Å²) in [6.07, 6.45) is 0. The average Bonchev–Trinajstić information content (AvgIpc) is 2.53. The van der Waals surface area contributed by atoms with Gasteiger partial charge in [0.05, 0.1) is 18.7 Å². The molecule has 0 saturated carbocycles. The van der Waals surface area contributed by atoms with Crippen LogP contribution in [0.5, 0.6) is 5.75 Å². The summed E-state index contributed by atoms with van der Waals surface area (Å²) in [6, 6.07) is 12.9. The van der Waals surface area contributed by atoms with E-state index in [0.29, 0.717) is 10.8 Å². The van der Waals surface area contributed by atoms with Crippen molar-refractivity contribution in [1.82, 2.24) is 0 Å². The van der Waals surface area contributed by atoms with Gasteiger partial charge in [-0.1, -0.05) is 11.6 Å². The van der Waals surface area contributed by atoms with Gasteiger partial charge in [-0.25, -0.2) is 0 Å². The van der Waals surface area contributed by atoms with Gasteiger partial charge in [0.2, 0.25) is 5.91 Å². The fraction of sp³-hybridized carbons (Fsp3) is 0.235. The number of halogens is 1. The molecule has 0 aliphatic carbocycles. The minimum Gasteiger partial charge on any atom is -0.495 e. The van der Waals surface area contributed by atoms with Gasteiger partial charge >= 0.3 is 0 Å². The summed E-state index contributed by atoms with van der Waals surface area (Å²) in [5.41, 5.74) is 2.60. The Morgan fingerprint density at radius 2 is 1.78 bits per heavy atom. The molecule has 0 aliphatic heterocycles. The molecule has 0 unspecified atom stereocenters. The van der Waals surface area contributed by atoms with Crippen molar-refractivity contribution in [2.24, 2.45) is 0 Å². The number of carbonyl (C=O) groups is 1. The molecule has 6 heteroatoms. The van der Waals surface area contributed by atoms with Crippen LogP contribution in [0, 0.1) is 0 Å². The van der Waals surface area contributed by atoms with Gasteiger partial charge in [0, 0.05) is 31.2 Å². The molecule has 23 heavy (non-hydrogen) atoms. The van der Waals surface area contributed by atoms with Gasteiger partial charge in [0.1, 0.15) is 5.75 Å². The second kappa shape index (κ2) is 7.74.